The number of piperazine rings is 1. The number of carbonyl (C=O) groups is 1. The van der Waals surface area contributed by atoms with Gasteiger partial charge in [-0.15, -0.1) is 10.2 Å². The van der Waals surface area contributed by atoms with Crippen LogP contribution in [0.3, 0.4) is 0 Å². The van der Waals surface area contributed by atoms with Crippen LogP contribution in [0, 0.1) is 16.0 Å². The minimum atomic E-state index is -0.420. The fourth-order valence-corrected chi connectivity index (χ4v) is 2.96. The second kappa shape index (κ2) is 6.88. The van der Waals surface area contributed by atoms with Crippen molar-refractivity contribution in [3.8, 4) is 5.69 Å². The highest BCUT2D eigenvalue weighted by Gasteiger charge is 2.25. The fraction of sp³-hybridized carbons (Fsp3) is 0.438. The first-order valence-corrected chi connectivity index (χ1v) is 8.14. The number of benzene rings is 1. The van der Waals surface area contributed by atoms with Gasteiger partial charge in [0.1, 0.15) is 12.7 Å². The van der Waals surface area contributed by atoms with Gasteiger partial charge in [0.2, 0.25) is 5.91 Å². The number of aromatic nitrogens is 3. The summed E-state index contributed by atoms with van der Waals surface area (Å²) in [6, 6.07) is 4.76. The number of nitro benzene ring substituents is 1. The summed E-state index contributed by atoms with van der Waals surface area (Å²) in [5.74, 6) is 0.140. The van der Waals surface area contributed by atoms with E-state index in [1.807, 2.05) is 18.7 Å². The van der Waals surface area contributed by atoms with Gasteiger partial charge in [0.25, 0.3) is 5.69 Å². The SMILES string of the molecule is CC(C)C(=O)N1CCN(c2ccc([N+](=O)[O-])cc2-n2cnnc2)CC1. The van der Waals surface area contributed by atoms with Crippen LogP contribution in [0.2, 0.25) is 0 Å². The third-order valence-electron chi connectivity index (χ3n) is 4.29. The third kappa shape index (κ3) is 3.44. The highest BCUT2D eigenvalue weighted by atomic mass is 16.6. The summed E-state index contributed by atoms with van der Waals surface area (Å²) in [5.41, 5.74) is 1.53. The zero-order chi connectivity index (χ0) is 18.0. The summed E-state index contributed by atoms with van der Waals surface area (Å²) in [4.78, 5) is 26.8. The number of rotatable bonds is 4. The van der Waals surface area contributed by atoms with Crippen LogP contribution in [0.1, 0.15) is 13.8 Å². The molecule has 1 fully saturated rings. The van der Waals surface area contributed by atoms with Gasteiger partial charge in [0, 0.05) is 44.2 Å². The molecular weight excluding hydrogens is 324 g/mol. The largest absolute Gasteiger partial charge is 0.366 e. The van der Waals surface area contributed by atoms with Crippen LogP contribution in [-0.4, -0.2) is 56.7 Å². The van der Waals surface area contributed by atoms with Gasteiger partial charge >= 0.3 is 0 Å². The molecule has 0 bridgehead atoms. The minimum absolute atomic E-state index is 0.0149. The number of nitrogens with zero attached hydrogens (tertiary/aromatic N) is 6. The second-order valence-electron chi connectivity index (χ2n) is 6.27. The van der Waals surface area contributed by atoms with Gasteiger partial charge in [0.05, 0.1) is 16.3 Å². The van der Waals surface area contributed by atoms with Crippen LogP contribution in [-0.2, 0) is 4.79 Å². The second-order valence-corrected chi connectivity index (χ2v) is 6.27. The number of anilines is 1. The van der Waals surface area contributed by atoms with Crippen molar-refractivity contribution >= 4 is 17.3 Å². The van der Waals surface area contributed by atoms with E-state index in [1.54, 1.807) is 10.6 Å². The van der Waals surface area contributed by atoms with Crippen molar-refractivity contribution in [2.24, 2.45) is 5.92 Å². The highest BCUT2D eigenvalue weighted by molar-refractivity contribution is 5.78. The average molecular weight is 344 g/mol. The quantitative estimate of drug-likeness (QED) is 0.615. The Balaban J connectivity index is 1.86. The molecule has 0 aliphatic carbocycles. The molecular formula is C16H20N6O3. The van der Waals surface area contributed by atoms with E-state index in [-0.39, 0.29) is 17.5 Å². The number of non-ortho nitro benzene ring substituents is 1. The smallest absolute Gasteiger partial charge is 0.271 e. The predicted octanol–water partition coefficient (Wildman–Crippen LogP) is 1.48. The summed E-state index contributed by atoms with van der Waals surface area (Å²) in [5, 5.41) is 18.7. The molecule has 9 nitrogen and oxygen atoms in total. The summed E-state index contributed by atoms with van der Waals surface area (Å²) in [7, 11) is 0. The van der Waals surface area contributed by atoms with E-state index in [1.165, 1.54) is 24.8 Å². The summed E-state index contributed by atoms with van der Waals surface area (Å²) in [6.07, 6.45) is 3.03. The molecule has 1 aliphatic rings. The normalized spacial score (nSPS) is 14.8. The van der Waals surface area contributed by atoms with Gasteiger partial charge in [-0.2, -0.15) is 0 Å². The lowest BCUT2D eigenvalue weighted by molar-refractivity contribution is -0.384. The lowest BCUT2D eigenvalue weighted by Crippen LogP contribution is -2.50. The first-order chi connectivity index (χ1) is 12.0. The molecule has 0 N–H and O–H groups in total. The summed E-state index contributed by atoms with van der Waals surface area (Å²) < 4.78 is 1.66. The Morgan fingerprint density at radius 3 is 2.32 bits per heavy atom. The summed E-state index contributed by atoms with van der Waals surface area (Å²) >= 11 is 0. The number of amides is 1. The number of hydrogen-bond donors (Lipinski definition) is 0. The number of hydrogen-bond acceptors (Lipinski definition) is 6. The zero-order valence-electron chi connectivity index (χ0n) is 14.2. The molecule has 1 amide bonds. The maximum absolute atomic E-state index is 12.1. The third-order valence-corrected chi connectivity index (χ3v) is 4.29. The molecule has 1 aliphatic heterocycles. The van der Waals surface area contributed by atoms with E-state index in [0.717, 1.165) is 5.69 Å². The molecule has 0 spiro atoms. The molecule has 3 rings (SSSR count). The van der Waals surface area contributed by atoms with Crippen LogP contribution in [0.5, 0.6) is 0 Å². The van der Waals surface area contributed by atoms with Crippen molar-refractivity contribution in [1.29, 1.82) is 0 Å². The topological polar surface area (TPSA) is 97.4 Å². The molecule has 0 atom stereocenters. The van der Waals surface area contributed by atoms with Crippen LogP contribution in [0.15, 0.2) is 30.9 Å². The van der Waals surface area contributed by atoms with Crippen molar-refractivity contribution in [2.45, 2.75) is 13.8 Å². The van der Waals surface area contributed by atoms with E-state index >= 15 is 0 Å². The van der Waals surface area contributed by atoms with E-state index in [9.17, 15) is 14.9 Å². The maximum atomic E-state index is 12.1. The molecule has 1 aromatic carbocycles. The van der Waals surface area contributed by atoms with Crippen molar-refractivity contribution in [3.63, 3.8) is 0 Å². The number of nitro groups is 1. The predicted molar refractivity (Wildman–Crippen MR) is 91.6 cm³/mol. The van der Waals surface area contributed by atoms with Gasteiger partial charge in [-0.05, 0) is 6.07 Å². The minimum Gasteiger partial charge on any atom is -0.366 e. The van der Waals surface area contributed by atoms with Gasteiger partial charge in [-0.1, -0.05) is 13.8 Å². The Morgan fingerprint density at radius 1 is 1.12 bits per heavy atom. The Bertz CT molecular complexity index is 766. The van der Waals surface area contributed by atoms with Gasteiger partial charge < -0.3 is 9.80 Å². The highest BCUT2D eigenvalue weighted by Crippen LogP contribution is 2.29. The monoisotopic (exact) mass is 344 g/mol. The maximum Gasteiger partial charge on any atom is 0.271 e. The average Bonchev–Trinajstić information content (AvgIpc) is 3.15. The van der Waals surface area contributed by atoms with Gasteiger partial charge in [0.15, 0.2) is 0 Å². The van der Waals surface area contributed by atoms with Gasteiger partial charge in [-0.25, -0.2) is 0 Å². The van der Waals surface area contributed by atoms with Crippen LogP contribution >= 0.6 is 0 Å². The first kappa shape index (κ1) is 16.9. The lowest BCUT2D eigenvalue weighted by Gasteiger charge is -2.37. The molecule has 25 heavy (non-hydrogen) atoms. The fourth-order valence-electron chi connectivity index (χ4n) is 2.96. The molecule has 0 unspecified atom stereocenters. The molecule has 1 aromatic heterocycles. The van der Waals surface area contributed by atoms with E-state index in [0.29, 0.717) is 31.9 Å². The van der Waals surface area contributed by atoms with Crippen molar-refractivity contribution < 1.29 is 9.72 Å². The van der Waals surface area contributed by atoms with Crippen molar-refractivity contribution in [1.82, 2.24) is 19.7 Å². The molecule has 0 radical (unpaired) electrons. The molecule has 0 saturated carbocycles. The Kier molecular flexibility index (Phi) is 4.64. The molecule has 2 aromatic rings. The lowest BCUT2D eigenvalue weighted by atomic mass is 10.1. The zero-order valence-corrected chi connectivity index (χ0v) is 14.2. The first-order valence-electron chi connectivity index (χ1n) is 8.14. The van der Waals surface area contributed by atoms with Crippen LogP contribution < -0.4 is 4.90 Å². The van der Waals surface area contributed by atoms with Crippen LogP contribution in [0.25, 0.3) is 5.69 Å². The van der Waals surface area contributed by atoms with Crippen molar-refractivity contribution in [2.75, 3.05) is 31.1 Å². The molecule has 132 valence electrons. The Hall–Kier alpha value is -2.97. The number of carbonyl (C=O) groups excluding carboxylic acids is 1. The molecule has 9 heteroatoms. The standard InChI is InChI=1S/C16H20N6O3/c1-12(2)16(23)20-7-5-19(6-8-20)14-4-3-13(22(24)25)9-15(14)21-10-17-18-11-21/h3-4,9-12H,5-8H2,1-2H3. The van der Waals surface area contributed by atoms with Gasteiger partial charge in [-0.3, -0.25) is 19.5 Å². The molecule has 2 heterocycles. The van der Waals surface area contributed by atoms with E-state index in [2.05, 4.69) is 15.1 Å². The van der Waals surface area contributed by atoms with Crippen LogP contribution in [0.4, 0.5) is 11.4 Å². The van der Waals surface area contributed by atoms with Crippen molar-refractivity contribution in [3.05, 3.63) is 41.0 Å². The molecule has 1 saturated heterocycles. The van der Waals surface area contributed by atoms with E-state index < -0.39 is 4.92 Å². The Morgan fingerprint density at radius 2 is 1.76 bits per heavy atom. The Labute approximate surface area is 145 Å². The summed E-state index contributed by atoms with van der Waals surface area (Å²) in [6.45, 7) is 6.41. The van der Waals surface area contributed by atoms with E-state index in [4.69, 9.17) is 0 Å².